The van der Waals surface area contributed by atoms with Crippen molar-refractivity contribution >= 4 is 42.0 Å². The van der Waals surface area contributed by atoms with E-state index in [1.54, 1.807) is 12.1 Å². The normalized spacial score (nSPS) is 12.3. The van der Waals surface area contributed by atoms with Gasteiger partial charge in [0.05, 0.1) is 4.90 Å². The number of sulfone groups is 2. The average molecular weight is 411 g/mol. The number of benzene rings is 3. The largest absolute Gasteiger partial charge is 0.455 e. The van der Waals surface area contributed by atoms with E-state index in [4.69, 9.17) is 16.3 Å². The van der Waals surface area contributed by atoms with Crippen molar-refractivity contribution in [3.63, 3.8) is 0 Å². The fraction of sp³-hybridized carbons (Fsp3) is 0.111. The maximum absolute atomic E-state index is 12.1. The zero-order chi connectivity index (χ0) is 19.1. The topological polar surface area (TPSA) is 77.5 Å². The molecule has 5 nitrogen and oxygen atoms in total. The molecule has 0 bridgehead atoms. The van der Waals surface area contributed by atoms with Gasteiger partial charge >= 0.3 is 0 Å². The minimum absolute atomic E-state index is 0.0485. The average Bonchev–Trinajstić information content (AvgIpc) is 2.56. The quantitative estimate of drug-likeness (QED) is 0.647. The van der Waals surface area contributed by atoms with E-state index in [-0.39, 0.29) is 15.5 Å². The maximum atomic E-state index is 12.1. The lowest BCUT2D eigenvalue weighted by molar-refractivity contribution is 0.472. The summed E-state index contributed by atoms with van der Waals surface area (Å²) in [6.07, 6.45) is 2.02. The van der Waals surface area contributed by atoms with Crippen molar-refractivity contribution in [2.45, 2.75) is 9.79 Å². The molecule has 8 heteroatoms. The first kappa shape index (κ1) is 18.7. The van der Waals surface area contributed by atoms with E-state index in [1.807, 2.05) is 24.3 Å². The van der Waals surface area contributed by atoms with Crippen LogP contribution in [0.1, 0.15) is 0 Å². The highest BCUT2D eigenvalue weighted by Gasteiger charge is 2.20. The molecule has 3 aromatic rings. The Morgan fingerprint density at radius 1 is 0.769 bits per heavy atom. The standard InChI is InChI=1S/C18H15ClO5S2/c1-25(20,21)12-7-9-17(18(11-12)26(2,22)23)24-16-10-8-15(19)13-5-3-4-6-14(13)16/h3-11H,1-2H3. The van der Waals surface area contributed by atoms with Crippen LogP contribution in [0.15, 0.2) is 64.4 Å². The molecule has 0 fully saturated rings. The van der Waals surface area contributed by atoms with Gasteiger partial charge in [0, 0.05) is 28.3 Å². The van der Waals surface area contributed by atoms with Crippen molar-refractivity contribution in [1.82, 2.24) is 0 Å². The number of ether oxygens (including phenoxy) is 1. The molecule has 0 aromatic heterocycles. The zero-order valence-corrected chi connectivity index (χ0v) is 16.3. The third-order valence-electron chi connectivity index (χ3n) is 3.79. The first-order valence-electron chi connectivity index (χ1n) is 7.46. The lowest BCUT2D eigenvalue weighted by Crippen LogP contribution is -2.04. The predicted molar refractivity (Wildman–Crippen MR) is 102 cm³/mol. The van der Waals surface area contributed by atoms with Crippen LogP contribution in [-0.2, 0) is 19.7 Å². The van der Waals surface area contributed by atoms with Crippen molar-refractivity contribution in [1.29, 1.82) is 0 Å². The molecule has 3 aromatic carbocycles. The summed E-state index contributed by atoms with van der Waals surface area (Å²) in [5.74, 6) is 0.467. The van der Waals surface area contributed by atoms with Gasteiger partial charge in [-0.25, -0.2) is 16.8 Å². The van der Waals surface area contributed by atoms with Gasteiger partial charge in [-0.05, 0) is 30.3 Å². The Labute approximate surface area is 157 Å². The van der Waals surface area contributed by atoms with Crippen LogP contribution in [0.2, 0.25) is 5.02 Å². The summed E-state index contributed by atoms with van der Waals surface area (Å²) in [5.41, 5.74) is 0. The second kappa shape index (κ2) is 6.57. The summed E-state index contributed by atoms with van der Waals surface area (Å²) < 4.78 is 53.6. The SMILES string of the molecule is CS(=O)(=O)c1ccc(Oc2ccc(Cl)c3ccccc23)c(S(C)(=O)=O)c1. The summed E-state index contributed by atoms with van der Waals surface area (Å²) >= 11 is 6.19. The minimum atomic E-state index is -3.71. The van der Waals surface area contributed by atoms with Crippen LogP contribution in [0.25, 0.3) is 10.8 Å². The van der Waals surface area contributed by atoms with Crippen LogP contribution in [0.4, 0.5) is 0 Å². The molecule has 136 valence electrons. The number of hydrogen-bond donors (Lipinski definition) is 0. The Kier molecular flexibility index (Phi) is 4.72. The fourth-order valence-electron chi connectivity index (χ4n) is 2.54. The Balaban J connectivity index is 2.19. The summed E-state index contributed by atoms with van der Waals surface area (Å²) in [4.78, 5) is -0.286. The Hall–Kier alpha value is -2.09. The second-order valence-electron chi connectivity index (χ2n) is 5.85. The van der Waals surface area contributed by atoms with Gasteiger partial charge in [0.15, 0.2) is 19.7 Å². The molecular formula is C18H15ClO5S2. The lowest BCUT2D eigenvalue weighted by atomic mass is 10.1. The van der Waals surface area contributed by atoms with Gasteiger partial charge < -0.3 is 4.74 Å². The van der Waals surface area contributed by atoms with E-state index in [1.165, 1.54) is 12.1 Å². The first-order valence-corrected chi connectivity index (χ1v) is 11.6. The number of rotatable bonds is 4. The fourth-order valence-corrected chi connectivity index (χ4v) is 4.30. The van der Waals surface area contributed by atoms with Crippen molar-refractivity contribution in [2.75, 3.05) is 12.5 Å². The Morgan fingerprint density at radius 2 is 1.38 bits per heavy atom. The predicted octanol–water partition coefficient (Wildman–Crippen LogP) is 4.09. The molecule has 0 spiro atoms. The molecule has 0 saturated carbocycles. The molecule has 0 amide bonds. The third kappa shape index (κ3) is 3.70. The van der Waals surface area contributed by atoms with Crippen LogP contribution in [0, 0.1) is 0 Å². The maximum Gasteiger partial charge on any atom is 0.179 e. The van der Waals surface area contributed by atoms with Gasteiger partial charge in [0.2, 0.25) is 0 Å². The van der Waals surface area contributed by atoms with E-state index >= 15 is 0 Å². The highest BCUT2D eigenvalue weighted by molar-refractivity contribution is 7.91. The van der Waals surface area contributed by atoms with Crippen LogP contribution >= 0.6 is 11.6 Å². The highest BCUT2D eigenvalue weighted by Crippen LogP contribution is 2.37. The molecule has 0 aliphatic carbocycles. The minimum Gasteiger partial charge on any atom is -0.455 e. The molecule has 0 saturated heterocycles. The highest BCUT2D eigenvalue weighted by atomic mass is 35.5. The van der Waals surface area contributed by atoms with Gasteiger partial charge in [-0.1, -0.05) is 35.9 Å². The Morgan fingerprint density at radius 3 is 2.00 bits per heavy atom. The third-order valence-corrected chi connectivity index (χ3v) is 6.35. The number of hydrogen-bond acceptors (Lipinski definition) is 5. The van der Waals surface area contributed by atoms with Gasteiger partial charge in [0.25, 0.3) is 0 Å². The molecule has 0 N–H and O–H groups in total. The summed E-state index contributed by atoms with van der Waals surface area (Å²) in [6.45, 7) is 0. The molecule has 0 unspecified atom stereocenters. The number of fused-ring (bicyclic) bond motifs is 1. The molecule has 0 atom stereocenters. The van der Waals surface area contributed by atoms with Gasteiger partial charge in [0.1, 0.15) is 16.4 Å². The Bertz CT molecular complexity index is 1220. The molecular weight excluding hydrogens is 396 g/mol. The van der Waals surface area contributed by atoms with Crippen molar-refractivity contribution in [3.8, 4) is 11.5 Å². The van der Waals surface area contributed by atoms with Gasteiger partial charge in [-0.3, -0.25) is 0 Å². The smallest absolute Gasteiger partial charge is 0.179 e. The van der Waals surface area contributed by atoms with Gasteiger partial charge in [-0.2, -0.15) is 0 Å². The lowest BCUT2D eigenvalue weighted by Gasteiger charge is -2.13. The van der Waals surface area contributed by atoms with Crippen LogP contribution in [-0.4, -0.2) is 29.3 Å². The summed E-state index contributed by atoms with van der Waals surface area (Å²) in [6, 6.07) is 14.4. The van der Waals surface area contributed by atoms with E-state index in [0.29, 0.717) is 16.2 Å². The molecule has 0 heterocycles. The number of halogens is 1. The van der Waals surface area contributed by atoms with Crippen molar-refractivity contribution < 1.29 is 21.6 Å². The van der Waals surface area contributed by atoms with Crippen LogP contribution < -0.4 is 4.74 Å². The zero-order valence-electron chi connectivity index (χ0n) is 13.9. The van der Waals surface area contributed by atoms with E-state index in [9.17, 15) is 16.8 Å². The van der Waals surface area contributed by atoms with Crippen molar-refractivity contribution in [2.24, 2.45) is 0 Å². The van der Waals surface area contributed by atoms with Crippen LogP contribution in [0.3, 0.4) is 0 Å². The van der Waals surface area contributed by atoms with E-state index < -0.39 is 19.7 Å². The van der Waals surface area contributed by atoms with E-state index in [2.05, 4.69) is 0 Å². The molecule has 26 heavy (non-hydrogen) atoms. The first-order chi connectivity index (χ1) is 12.1. The monoisotopic (exact) mass is 410 g/mol. The van der Waals surface area contributed by atoms with Gasteiger partial charge in [-0.15, -0.1) is 0 Å². The molecule has 0 aliphatic rings. The second-order valence-corrected chi connectivity index (χ2v) is 10.3. The molecule has 0 radical (unpaired) electrons. The summed E-state index contributed by atoms with van der Waals surface area (Å²) in [7, 11) is -7.27. The van der Waals surface area contributed by atoms with Crippen molar-refractivity contribution in [3.05, 3.63) is 59.6 Å². The summed E-state index contributed by atoms with van der Waals surface area (Å²) in [5, 5.41) is 2.02. The molecule has 0 aliphatic heterocycles. The van der Waals surface area contributed by atoms with E-state index in [0.717, 1.165) is 24.0 Å². The molecule has 3 rings (SSSR count). The van der Waals surface area contributed by atoms with Crippen LogP contribution in [0.5, 0.6) is 11.5 Å².